The molecule has 0 fully saturated rings. The van der Waals surface area contributed by atoms with Gasteiger partial charge in [-0.15, -0.1) is 11.3 Å². The van der Waals surface area contributed by atoms with Gasteiger partial charge in [0.15, 0.2) is 5.76 Å². The Kier molecular flexibility index (Phi) is 6.11. The number of furan rings is 1. The number of nitrogens with zero attached hydrogens (tertiary/aromatic N) is 1. The number of hydrogen-bond donors (Lipinski definition) is 2. The molecule has 0 spiro atoms. The number of halogens is 1. The van der Waals surface area contributed by atoms with Crippen LogP contribution in [0.3, 0.4) is 0 Å². The molecule has 1 amide bonds. The number of amides is 1. The van der Waals surface area contributed by atoms with Gasteiger partial charge in [-0.1, -0.05) is 29.8 Å². The van der Waals surface area contributed by atoms with E-state index >= 15 is 0 Å². The summed E-state index contributed by atoms with van der Waals surface area (Å²) in [5.41, 5.74) is 4.05. The summed E-state index contributed by atoms with van der Waals surface area (Å²) in [7, 11) is 0. The standard InChI is InChI=1S/C24H22ClN3O2S/c1-14-10-11-26-20(13-14)27-22(17-7-4-5-8-18(17)25)21-15(2)16(3)31-24(21)28-23(29)19-9-6-12-30-19/h4-13,22H,1-3H3,(H,26,27)(H,28,29). The lowest BCUT2D eigenvalue weighted by molar-refractivity contribution is 0.0997. The average molecular weight is 452 g/mol. The van der Waals surface area contributed by atoms with E-state index in [0.29, 0.717) is 5.02 Å². The lowest BCUT2D eigenvalue weighted by atomic mass is 9.96. The topological polar surface area (TPSA) is 67.2 Å². The van der Waals surface area contributed by atoms with E-state index in [-0.39, 0.29) is 17.7 Å². The molecule has 4 rings (SSSR count). The number of carbonyl (C=O) groups excluding carboxylic acids is 1. The predicted octanol–water partition coefficient (Wildman–Crippen LogP) is 6.77. The Bertz CT molecular complexity index is 1220. The second-order valence-corrected chi connectivity index (χ2v) is 8.91. The highest BCUT2D eigenvalue weighted by atomic mass is 35.5. The van der Waals surface area contributed by atoms with Crippen molar-refractivity contribution in [1.29, 1.82) is 0 Å². The maximum absolute atomic E-state index is 12.7. The molecule has 1 unspecified atom stereocenters. The summed E-state index contributed by atoms with van der Waals surface area (Å²) >= 11 is 8.14. The molecule has 0 radical (unpaired) electrons. The van der Waals surface area contributed by atoms with Crippen LogP contribution in [0.2, 0.25) is 5.02 Å². The summed E-state index contributed by atoms with van der Waals surface area (Å²) in [6, 6.07) is 14.7. The summed E-state index contributed by atoms with van der Waals surface area (Å²) in [5.74, 6) is 0.702. The van der Waals surface area contributed by atoms with Crippen molar-refractivity contribution in [3.05, 3.63) is 98.9 Å². The second-order valence-electron chi connectivity index (χ2n) is 7.27. The highest BCUT2D eigenvalue weighted by Gasteiger charge is 2.27. The average Bonchev–Trinajstić information content (AvgIpc) is 3.36. The number of hydrogen-bond acceptors (Lipinski definition) is 5. The predicted molar refractivity (Wildman–Crippen MR) is 126 cm³/mol. The van der Waals surface area contributed by atoms with Gasteiger partial charge in [-0.25, -0.2) is 4.98 Å². The zero-order chi connectivity index (χ0) is 22.0. The molecule has 0 aliphatic carbocycles. The molecule has 2 N–H and O–H groups in total. The molecular weight excluding hydrogens is 430 g/mol. The molecule has 4 aromatic rings. The number of pyridine rings is 1. The van der Waals surface area contributed by atoms with Crippen molar-refractivity contribution in [3.8, 4) is 0 Å². The molecule has 0 bridgehead atoms. The minimum atomic E-state index is -0.306. The summed E-state index contributed by atoms with van der Waals surface area (Å²) in [6.45, 7) is 6.12. The van der Waals surface area contributed by atoms with Gasteiger partial charge in [0.25, 0.3) is 5.91 Å². The molecule has 0 saturated heterocycles. The smallest absolute Gasteiger partial charge is 0.291 e. The van der Waals surface area contributed by atoms with Crippen LogP contribution >= 0.6 is 22.9 Å². The monoisotopic (exact) mass is 451 g/mol. The van der Waals surface area contributed by atoms with Crippen LogP contribution in [0.4, 0.5) is 10.8 Å². The van der Waals surface area contributed by atoms with Crippen LogP contribution in [0.15, 0.2) is 65.4 Å². The van der Waals surface area contributed by atoms with Gasteiger partial charge in [0, 0.05) is 21.7 Å². The van der Waals surface area contributed by atoms with Crippen LogP contribution in [0.1, 0.15) is 43.7 Å². The number of benzene rings is 1. The maximum Gasteiger partial charge on any atom is 0.291 e. The molecular formula is C24H22ClN3O2S. The van der Waals surface area contributed by atoms with Gasteiger partial charge in [-0.3, -0.25) is 4.79 Å². The third kappa shape index (κ3) is 4.50. The molecule has 3 aromatic heterocycles. The van der Waals surface area contributed by atoms with Crippen molar-refractivity contribution in [2.45, 2.75) is 26.8 Å². The summed E-state index contributed by atoms with van der Waals surface area (Å²) in [6.07, 6.45) is 3.25. The van der Waals surface area contributed by atoms with Crippen LogP contribution in [-0.4, -0.2) is 10.9 Å². The summed E-state index contributed by atoms with van der Waals surface area (Å²) in [4.78, 5) is 18.3. The number of anilines is 2. The molecule has 0 aliphatic rings. The summed E-state index contributed by atoms with van der Waals surface area (Å²) < 4.78 is 5.26. The first kappa shape index (κ1) is 21.2. The third-order valence-electron chi connectivity index (χ3n) is 5.12. The van der Waals surface area contributed by atoms with Gasteiger partial charge in [0.1, 0.15) is 10.8 Å². The van der Waals surface area contributed by atoms with E-state index in [1.54, 1.807) is 18.3 Å². The van der Waals surface area contributed by atoms with E-state index in [2.05, 4.69) is 22.5 Å². The quantitative estimate of drug-likeness (QED) is 0.339. The molecule has 31 heavy (non-hydrogen) atoms. The van der Waals surface area contributed by atoms with Gasteiger partial charge in [0.05, 0.1) is 12.3 Å². The summed E-state index contributed by atoms with van der Waals surface area (Å²) in [5, 5.41) is 7.95. The first-order valence-corrected chi connectivity index (χ1v) is 11.0. The van der Waals surface area contributed by atoms with Crippen molar-refractivity contribution < 1.29 is 9.21 Å². The van der Waals surface area contributed by atoms with Gasteiger partial charge < -0.3 is 15.1 Å². The van der Waals surface area contributed by atoms with Gasteiger partial charge in [-0.05, 0) is 67.8 Å². The van der Waals surface area contributed by atoms with Crippen molar-refractivity contribution >= 4 is 39.7 Å². The maximum atomic E-state index is 12.7. The molecule has 158 valence electrons. The van der Waals surface area contributed by atoms with E-state index in [4.69, 9.17) is 16.0 Å². The third-order valence-corrected chi connectivity index (χ3v) is 6.60. The van der Waals surface area contributed by atoms with Gasteiger partial charge in [0.2, 0.25) is 0 Å². The van der Waals surface area contributed by atoms with Crippen LogP contribution in [0.5, 0.6) is 0 Å². The Balaban J connectivity index is 1.81. The van der Waals surface area contributed by atoms with Gasteiger partial charge >= 0.3 is 0 Å². The highest BCUT2D eigenvalue weighted by Crippen LogP contribution is 2.42. The minimum absolute atomic E-state index is 0.261. The van der Waals surface area contributed by atoms with Crippen molar-refractivity contribution in [1.82, 2.24) is 4.98 Å². The Labute approximate surface area is 190 Å². The molecule has 1 aromatic carbocycles. The molecule has 0 saturated carbocycles. The first-order valence-electron chi connectivity index (χ1n) is 9.82. The largest absolute Gasteiger partial charge is 0.459 e. The fourth-order valence-corrected chi connectivity index (χ4v) is 4.77. The fraction of sp³-hybridized carbons (Fsp3) is 0.167. The van der Waals surface area contributed by atoms with Crippen molar-refractivity contribution in [3.63, 3.8) is 0 Å². The Hall–Kier alpha value is -3.09. The van der Waals surface area contributed by atoms with Crippen molar-refractivity contribution in [2.24, 2.45) is 0 Å². The molecule has 5 nitrogen and oxygen atoms in total. The minimum Gasteiger partial charge on any atom is -0.459 e. The molecule has 3 heterocycles. The lowest BCUT2D eigenvalue weighted by Gasteiger charge is -2.23. The fourth-order valence-electron chi connectivity index (χ4n) is 3.44. The Morgan fingerprint density at radius 3 is 2.65 bits per heavy atom. The number of aryl methyl sites for hydroxylation is 2. The van der Waals surface area contributed by atoms with Crippen LogP contribution in [-0.2, 0) is 0 Å². The Morgan fingerprint density at radius 2 is 1.94 bits per heavy atom. The lowest BCUT2D eigenvalue weighted by Crippen LogP contribution is -2.18. The molecule has 1 atom stereocenters. The normalized spacial score (nSPS) is 11.9. The van der Waals surface area contributed by atoms with E-state index in [9.17, 15) is 4.79 Å². The zero-order valence-electron chi connectivity index (χ0n) is 17.4. The number of rotatable bonds is 6. The van der Waals surface area contributed by atoms with Crippen LogP contribution < -0.4 is 10.6 Å². The number of carbonyl (C=O) groups is 1. The van der Waals surface area contributed by atoms with E-state index < -0.39 is 0 Å². The SMILES string of the molecule is Cc1ccnc(NC(c2ccccc2Cl)c2c(NC(=O)c3ccco3)sc(C)c2C)c1. The molecule has 7 heteroatoms. The van der Waals surface area contributed by atoms with E-state index in [0.717, 1.165) is 37.9 Å². The Morgan fingerprint density at radius 1 is 1.13 bits per heavy atom. The number of nitrogens with one attached hydrogen (secondary N) is 2. The van der Waals surface area contributed by atoms with E-state index in [1.807, 2.05) is 50.2 Å². The van der Waals surface area contributed by atoms with Crippen molar-refractivity contribution in [2.75, 3.05) is 10.6 Å². The first-order chi connectivity index (χ1) is 14.9. The second kappa shape index (κ2) is 8.96. The number of thiophene rings is 1. The molecule has 0 aliphatic heterocycles. The highest BCUT2D eigenvalue weighted by molar-refractivity contribution is 7.16. The number of aromatic nitrogens is 1. The van der Waals surface area contributed by atoms with Crippen LogP contribution in [0, 0.1) is 20.8 Å². The van der Waals surface area contributed by atoms with Crippen LogP contribution in [0.25, 0.3) is 0 Å². The van der Waals surface area contributed by atoms with Gasteiger partial charge in [-0.2, -0.15) is 0 Å². The zero-order valence-corrected chi connectivity index (χ0v) is 19.0. The van der Waals surface area contributed by atoms with E-state index in [1.165, 1.54) is 17.6 Å².